The molecule has 0 saturated heterocycles. The number of nitrogens with zero attached hydrogens (tertiary/aromatic N) is 1. The Morgan fingerprint density at radius 2 is 1.83 bits per heavy atom. The first-order valence-corrected chi connectivity index (χ1v) is 7.52. The second kappa shape index (κ2) is 7.68. The summed E-state index contributed by atoms with van der Waals surface area (Å²) in [7, 11) is 1.75. The highest BCUT2D eigenvalue weighted by Crippen LogP contribution is 2.30. The lowest BCUT2D eigenvalue weighted by Gasteiger charge is -2.17. The number of hydrogen-bond donors (Lipinski definition) is 1. The van der Waals surface area contributed by atoms with Gasteiger partial charge in [0.05, 0.1) is 12.1 Å². The molecule has 2 aromatic rings. The molecule has 0 radical (unpaired) electrons. The number of halogens is 4. The molecule has 0 aliphatic rings. The monoisotopic (exact) mass is 356 g/mol. The number of carbonyl (C=O) groups is 1. The Morgan fingerprint density at radius 1 is 1.17 bits per heavy atom. The molecule has 0 unspecified atom stereocenters. The van der Waals surface area contributed by atoms with Crippen LogP contribution in [-0.2, 0) is 17.5 Å². The molecular formula is C17H16ClF3N2O. The Labute approximate surface area is 143 Å². The van der Waals surface area contributed by atoms with Crippen molar-refractivity contribution in [2.45, 2.75) is 12.7 Å². The van der Waals surface area contributed by atoms with Gasteiger partial charge in [-0.1, -0.05) is 29.8 Å². The number of amides is 1. The van der Waals surface area contributed by atoms with Crippen LogP contribution in [0.4, 0.5) is 18.9 Å². The van der Waals surface area contributed by atoms with Crippen LogP contribution in [0, 0.1) is 0 Å². The van der Waals surface area contributed by atoms with Crippen LogP contribution in [0.25, 0.3) is 0 Å². The molecule has 24 heavy (non-hydrogen) atoms. The highest BCUT2D eigenvalue weighted by molar-refractivity contribution is 6.30. The highest BCUT2D eigenvalue weighted by atomic mass is 35.5. The maximum atomic E-state index is 12.7. The van der Waals surface area contributed by atoms with E-state index in [-0.39, 0.29) is 18.1 Å². The summed E-state index contributed by atoms with van der Waals surface area (Å²) in [5, 5.41) is 3.11. The lowest BCUT2D eigenvalue weighted by atomic mass is 10.2. The normalized spacial score (nSPS) is 11.6. The first-order valence-electron chi connectivity index (χ1n) is 7.14. The Hall–Kier alpha value is -2.05. The van der Waals surface area contributed by atoms with Gasteiger partial charge >= 0.3 is 6.18 Å². The van der Waals surface area contributed by atoms with Gasteiger partial charge < -0.3 is 5.32 Å². The van der Waals surface area contributed by atoms with Crippen LogP contribution in [0.5, 0.6) is 0 Å². The molecule has 3 nitrogen and oxygen atoms in total. The zero-order valence-corrected chi connectivity index (χ0v) is 13.7. The van der Waals surface area contributed by atoms with Crippen molar-refractivity contribution in [2.24, 2.45) is 0 Å². The van der Waals surface area contributed by atoms with E-state index in [4.69, 9.17) is 11.6 Å². The van der Waals surface area contributed by atoms with Crippen molar-refractivity contribution >= 4 is 23.2 Å². The first-order chi connectivity index (χ1) is 11.2. The lowest BCUT2D eigenvalue weighted by molar-refractivity contribution is -0.137. The molecule has 0 aromatic heterocycles. The minimum Gasteiger partial charge on any atom is -0.325 e. The molecule has 1 amide bonds. The Balaban J connectivity index is 1.92. The van der Waals surface area contributed by atoms with Crippen molar-refractivity contribution < 1.29 is 18.0 Å². The third-order valence-electron chi connectivity index (χ3n) is 3.25. The molecule has 1 N–H and O–H groups in total. The number of rotatable bonds is 5. The van der Waals surface area contributed by atoms with Crippen LogP contribution in [0.3, 0.4) is 0 Å². The molecule has 0 spiro atoms. The minimum atomic E-state index is -4.44. The smallest absolute Gasteiger partial charge is 0.325 e. The Bertz CT molecular complexity index is 702. The topological polar surface area (TPSA) is 32.3 Å². The highest BCUT2D eigenvalue weighted by Gasteiger charge is 2.30. The summed E-state index contributed by atoms with van der Waals surface area (Å²) in [6.45, 7) is 0.575. The second-order valence-electron chi connectivity index (χ2n) is 5.43. The molecule has 0 heterocycles. The number of carbonyl (C=O) groups excluding carboxylic acids is 1. The van der Waals surface area contributed by atoms with Crippen molar-refractivity contribution in [3.63, 3.8) is 0 Å². The van der Waals surface area contributed by atoms with E-state index in [9.17, 15) is 18.0 Å². The van der Waals surface area contributed by atoms with E-state index in [1.165, 1.54) is 12.1 Å². The van der Waals surface area contributed by atoms with Gasteiger partial charge in [0.25, 0.3) is 0 Å². The van der Waals surface area contributed by atoms with E-state index < -0.39 is 11.7 Å². The number of benzene rings is 2. The number of hydrogen-bond acceptors (Lipinski definition) is 2. The van der Waals surface area contributed by atoms with Gasteiger partial charge in [0.2, 0.25) is 5.91 Å². The van der Waals surface area contributed by atoms with Crippen LogP contribution in [0.15, 0.2) is 48.5 Å². The Kier molecular flexibility index (Phi) is 5.85. The van der Waals surface area contributed by atoms with Gasteiger partial charge in [-0.2, -0.15) is 13.2 Å². The van der Waals surface area contributed by atoms with Gasteiger partial charge in [0.15, 0.2) is 0 Å². The fourth-order valence-corrected chi connectivity index (χ4v) is 2.30. The summed E-state index contributed by atoms with van der Waals surface area (Å²) in [6.07, 6.45) is -4.44. The maximum absolute atomic E-state index is 12.7. The number of alkyl halides is 3. The molecule has 0 aliphatic carbocycles. The van der Waals surface area contributed by atoms with Crippen molar-refractivity contribution in [3.05, 3.63) is 64.7 Å². The molecule has 2 aromatic carbocycles. The molecule has 128 valence electrons. The summed E-state index contributed by atoms with van der Waals surface area (Å²) in [5.41, 5.74) is 0.304. The van der Waals surface area contributed by atoms with Gasteiger partial charge in [-0.25, -0.2) is 0 Å². The van der Waals surface area contributed by atoms with E-state index >= 15 is 0 Å². The zero-order chi connectivity index (χ0) is 17.7. The molecule has 0 bridgehead atoms. The van der Waals surface area contributed by atoms with Gasteiger partial charge in [-0.05, 0) is 42.9 Å². The van der Waals surface area contributed by atoms with Gasteiger partial charge in [-0.15, -0.1) is 0 Å². The van der Waals surface area contributed by atoms with Crippen molar-refractivity contribution in [3.8, 4) is 0 Å². The predicted molar refractivity (Wildman–Crippen MR) is 87.9 cm³/mol. The maximum Gasteiger partial charge on any atom is 0.416 e. The third kappa shape index (κ3) is 5.54. The van der Waals surface area contributed by atoms with E-state index in [0.717, 1.165) is 17.7 Å². The molecule has 0 saturated carbocycles. The average Bonchev–Trinajstić information content (AvgIpc) is 2.49. The van der Waals surface area contributed by atoms with Crippen LogP contribution in [-0.4, -0.2) is 24.4 Å². The van der Waals surface area contributed by atoms with Crippen LogP contribution < -0.4 is 5.32 Å². The van der Waals surface area contributed by atoms with E-state index in [1.54, 1.807) is 24.1 Å². The number of likely N-dealkylation sites (N-methyl/N-ethyl adjacent to an activating group) is 1. The molecule has 7 heteroatoms. The molecule has 0 fully saturated rings. The molecule has 0 aliphatic heterocycles. The number of anilines is 1. The van der Waals surface area contributed by atoms with Crippen molar-refractivity contribution in [2.75, 3.05) is 18.9 Å². The second-order valence-corrected chi connectivity index (χ2v) is 5.86. The molecule has 0 atom stereocenters. The predicted octanol–water partition coefficient (Wildman–Crippen LogP) is 4.43. The fourth-order valence-electron chi connectivity index (χ4n) is 2.18. The number of nitrogens with one attached hydrogen (secondary N) is 1. The minimum absolute atomic E-state index is 0.0544. The van der Waals surface area contributed by atoms with Crippen molar-refractivity contribution in [1.29, 1.82) is 0 Å². The quantitative estimate of drug-likeness (QED) is 0.859. The fraction of sp³-hybridized carbons (Fsp3) is 0.235. The van der Waals surface area contributed by atoms with E-state index in [2.05, 4.69) is 5.32 Å². The van der Waals surface area contributed by atoms with Crippen LogP contribution in [0.1, 0.15) is 11.1 Å². The average molecular weight is 357 g/mol. The van der Waals surface area contributed by atoms with Crippen LogP contribution >= 0.6 is 11.6 Å². The standard InChI is InChI=1S/C17H16ClF3N2O/c1-23(10-12-5-7-14(18)8-6-12)11-16(24)22-15-4-2-3-13(9-15)17(19,20)21/h2-9H,10-11H2,1H3,(H,22,24). The Morgan fingerprint density at radius 3 is 2.46 bits per heavy atom. The molecular weight excluding hydrogens is 341 g/mol. The van der Waals surface area contributed by atoms with E-state index in [1.807, 2.05) is 12.1 Å². The lowest BCUT2D eigenvalue weighted by Crippen LogP contribution is -2.29. The summed E-state index contributed by atoms with van der Waals surface area (Å²) in [5.74, 6) is -0.384. The summed E-state index contributed by atoms with van der Waals surface area (Å²) in [4.78, 5) is 13.7. The molecule has 2 rings (SSSR count). The van der Waals surface area contributed by atoms with Crippen molar-refractivity contribution in [1.82, 2.24) is 4.90 Å². The third-order valence-corrected chi connectivity index (χ3v) is 3.50. The summed E-state index contributed by atoms with van der Waals surface area (Å²) in [6, 6.07) is 11.8. The van der Waals surface area contributed by atoms with Gasteiger partial charge in [0, 0.05) is 17.3 Å². The van der Waals surface area contributed by atoms with E-state index in [0.29, 0.717) is 11.6 Å². The summed E-state index contributed by atoms with van der Waals surface area (Å²) >= 11 is 5.81. The van der Waals surface area contributed by atoms with Crippen LogP contribution in [0.2, 0.25) is 5.02 Å². The van der Waals surface area contributed by atoms with Gasteiger partial charge in [0.1, 0.15) is 0 Å². The SMILES string of the molecule is CN(CC(=O)Nc1cccc(C(F)(F)F)c1)Cc1ccc(Cl)cc1. The largest absolute Gasteiger partial charge is 0.416 e. The first kappa shape index (κ1) is 18.3. The zero-order valence-electron chi connectivity index (χ0n) is 12.9. The summed E-state index contributed by atoms with van der Waals surface area (Å²) < 4.78 is 38.0. The van der Waals surface area contributed by atoms with Gasteiger partial charge in [-0.3, -0.25) is 9.69 Å².